The molecule has 0 saturated carbocycles. The summed E-state index contributed by atoms with van der Waals surface area (Å²) in [6.45, 7) is 1.04. The summed E-state index contributed by atoms with van der Waals surface area (Å²) in [6.07, 6.45) is 0.446. The first-order valence-corrected chi connectivity index (χ1v) is 7.01. The number of hydrogen-bond donors (Lipinski definition) is 2. The fraction of sp³-hybridized carbons (Fsp3) is 0.188. The Balaban J connectivity index is 2.23. The second-order valence-electron chi connectivity index (χ2n) is 4.77. The van der Waals surface area contributed by atoms with Crippen molar-refractivity contribution in [1.82, 2.24) is 0 Å². The highest BCUT2D eigenvalue weighted by atomic mass is 35.5. The van der Waals surface area contributed by atoms with Gasteiger partial charge in [-0.05, 0) is 35.9 Å². The lowest BCUT2D eigenvalue weighted by atomic mass is 10.1. The Morgan fingerprint density at radius 3 is 2.57 bits per heavy atom. The molecule has 5 heteroatoms. The minimum absolute atomic E-state index is 0.126. The summed E-state index contributed by atoms with van der Waals surface area (Å²) < 4.78 is 13.4. The summed E-state index contributed by atoms with van der Waals surface area (Å²) in [4.78, 5) is 2.03. The van der Waals surface area contributed by atoms with Gasteiger partial charge in [-0.1, -0.05) is 29.8 Å². The molecule has 0 aliphatic heterocycles. The van der Waals surface area contributed by atoms with Crippen molar-refractivity contribution in [3.63, 3.8) is 0 Å². The molecule has 0 aromatic heterocycles. The van der Waals surface area contributed by atoms with Gasteiger partial charge in [-0.3, -0.25) is 5.41 Å². The minimum atomic E-state index is -0.311. The van der Waals surface area contributed by atoms with Crippen LogP contribution in [0, 0.1) is 11.2 Å². The van der Waals surface area contributed by atoms with Crippen molar-refractivity contribution >= 4 is 23.1 Å². The molecule has 0 aliphatic rings. The number of amidine groups is 1. The molecule has 0 amide bonds. The predicted octanol–water partition coefficient (Wildman–Crippen LogP) is 3.81. The van der Waals surface area contributed by atoms with Crippen molar-refractivity contribution in [2.24, 2.45) is 5.73 Å². The normalized spacial score (nSPS) is 10.4. The maximum absolute atomic E-state index is 13.4. The average Bonchev–Trinajstić information content (AvgIpc) is 2.47. The zero-order valence-corrected chi connectivity index (χ0v) is 12.3. The molecule has 0 radical (unpaired) electrons. The maximum Gasteiger partial charge on any atom is 0.123 e. The Kier molecular flexibility index (Phi) is 5.17. The van der Waals surface area contributed by atoms with E-state index >= 15 is 0 Å². The van der Waals surface area contributed by atoms with E-state index in [0.29, 0.717) is 30.1 Å². The van der Waals surface area contributed by atoms with Gasteiger partial charge in [0.15, 0.2) is 0 Å². The fourth-order valence-electron chi connectivity index (χ4n) is 2.06. The standard InChI is InChI=1S/C16H17ClFN3/c17-15-7-6-13(18)10-12(15)11-21(9-8-16(19)20)14-4-2-1-3-5-14/h1-7,10H,8-9,11H2,(H3,19,20). The van der Waals surface area contributed by atoms with Crippen LogP contribution in [0.3, 0.4) is 0 Å². The second-order valence-corrected chi connectivity index (χ2v) is 5.18. The van der Waals surface area contributed by atoms with E-state index in [-0.39, 0.29) is 11.7 Å². The van der Waals surface area contributed by atoms with Crippen LogP contribution >= 0.6 is 11.6 Å². The third-order valence-electron chi connectivity index (χ3n) is 3.14. The molecule has 0 spiro atoms. The number of hydrogen-bond acceptors (Lipinski definition) is 2. The Labute approximate surface area is 128 Å². The summed E-state index contributed by atoms with van der Waals surface area (Å²) in [7, 11) is 0. The summed E-state index contributed by atoms with van der Waals surface area (Å²) in [6, 6.07) is 14.1. The highest BCUT2D eigenvalue weighted by Gasteiger charge is 2.11. The molecule has 0 saturated heterocycles. The van der Waals surface area contributed by atoms with Gasteiger partial charge in [0.2, 0.25) is 0 Å². The molecule has 0 bridgehead atoms. The lowest BCUT2D eigenvalue weighted by molar-refractivity contribution is 0.624. The second kappa shape index (κ2) is 7.09. The highest BCUT2D eigenvalue weighted by molar-refractivity contribution is 6.31. The molecule has 2 aromatic carbocycles. The molecule has 0 aliphatic carbocycles. The number of nitrogens with two attached hydrogens (primary N) is 1. The van der Waals surface area contributed by atoms with Gasteiger partial charge in [0.1, 0.15) is 5.82 Å². The quantitative estimate of drug-likeness (QED) is 0.630. The fourth-order valence-corrected chi connectivity index (χ4v) is 2.24. The third-order valence-corrected chi connectivity index (χ3v) is 3.51. The van der Waals surface area contributed by atoms with Gasteiger partial charge in [-0.15, -0.1) is 0 Å². The number of benzene rings is 2. The molecule has 0 fully saturated rings. The largest absolute Gasteiger partial charge is 0.388 e. The number of rotatable bonds is 6. The van der Waals surface area contributed by atoms with E-state index in [1.54, 1.807) is 6.07 Å². The SMILES string of the molecule is N=C(N)CCN(Cc1cc(F)ccc1Cl)c1ccccc1. The van der Waals surface area contributed by atoms with Crippen molar-refractivity contribution in [1.29, 1.82) is 5.41 Å². The molecule has 3 nitrogen and oxygen atoms in total. The average molecular weight is 306 g/mol. The minimum Gasteiger partial charge on any atom is -0.388 e. The van der Waals surface area contributed by atoms with Crippen LogP contribution in [0.5, 0.6) is 0 Å². The van der Waals surface area contributed by atoms with Gasteiger partial charge in [0.05, 0.1) is 5.84 Å². The molecular formula is C16H17ClFN3. The van der Waals surface area contributed by atoms with Gasteiger partial charge in [0.25, 0.3) is 0 Å². The van der Waals surface area contributed by atoms with Crippen LogP contribution in [0.2, 0.25) is 5.02 Å². The van der Waals surface area contributed by atoms with Crippen molar-refractivity contribution in [2.75, 3.05) is 11.4 Å². The summed E-state index contributed by atoms with van der Waals surface area (Å²) in [5, 5.41) is 7.90. The van der Waals surface area contributed by atoms with E-state index in [1.807, 2.05) is 35.2 Å². The zero-order valence-electron chi connectivity index (χ0n) is 11.5. The number of nitrogens with zero attached hydrogens (tertiary/aromatic N) is 1. The first-order chi connectivity index (χ1) is 10.1. The van der Waals surface area contributed by atoms with Crippen LogP contribution in [0.1, 0.15) is 12.0 Å². The summed E-state index contributed by atoms with van der Waals surface area (Å²) in [5.41, 5.74) is 7.13. The predicted molar refractivity (Wildman–Crippen MR) is 85.4 cm³/mol. The van der Waals surface area contributed by atoms with Crippen LogP contribution in [0.25, 0.3) is 0 Å². The molecule has 0 heterocycles. The lowest BCUT2D eigenvalue weighted by Gasteiger charge is -2.25. The molecule has 21 heavy (non-hydrogen) atoms. The van der Waals surface area contributed by atoms with Gasteiger partial charge >= 0.3 is 0 Å². The van der Waals surface area contributed by atoms with Gasteiger partial charge < -0.3 is 10.6 Å². The molecule has 3 N–H and O–H groups in total. The van der Waals surface area contributed by atoms with Crippen molar-refractivity contribution in [3.8, 4) is 0 Å². The van der Waals surface area contributed by atoms with Crippen LogP contribution in [-0.2, 0) is 6.54 Å². The highest BCUT2D eigenvalue weighted by Crippen LogP contribution is 2.22. The third kappa shape index (κ3) is 4.46. The monoisotopic (exact) mass is 305 g/mol. The molecule has 2 rings (SSSR count). The smallest absolute Gasteiger partial charge is 0.123 e. The molecule has 0 unspecified atom stereocenters. The van der Waals surface area contributed by atoms with Crippen molar-refractivity contribution in [3.05, 3.63) is 64.9 Å². The van der Waals surface area contributed by atoms with Crippen molar-refractivity contribution < 1.29 is 4.39 Å². The molecule has 2 aromatic rings. The topological polar surface area (TPSA) is 53.1 Å². The Morgan fingerprint density at radius 1 is 1.19 bits per heavy atom. The number of nitrogens with one attached hydrogen (secondary N) is 1. The van der Waals surface area contributed by atoms with Crippen LogP contribution in [-0.4, -0.2) is 12.4 Å². The van der Waals surface area contributed by atoms with E-state index in [1.165, 1.54) is 12.1 Å². The van der Waals surface area contributed by atoms with Crippen LogP contribution < -0.4 is 10.6 Å². The lowest BCUT2D eigenvalue weighted by Crippen LogP contribution is -2.27. The molecule has 0 atom stereocenters. The summed E-state index contributed by atoms with van der Waals surface area (Å²) in [5.74, 6) is -0.185. The van der Waals surface area contributed by atoms with E-state index < -0.39 is 0 Å². The number of anilines is 1. The van der Waals surface area contributed by atoms with Crippen molar-refractivity contribution in [2.45, 2.75) is 13.0 Å². The molecule has 110 valence electrons. The van der Waals surface area contributed by atoms with Crippen LogP contribution in [0.15, 0.2) is 48.5 Å². The van der Waals surface area contributed by atoms with E-state index in [0.717, 1.165) is 5.69 Å². The zero-order chi connectivity index (χ0) is 15.2. The first-order valence-electron chi connectivity index (χ1n) is 6.63. The Hall–Kier alpha value is -2.07. The van der Waals surface area contributed by atoms with E-state index in [9.17, 15) is 4.39 Å². The van der Waals surface area contributed by atoms with Gasteiger partial charge in [-0.2, -0.15) is 0 Å². The number of para-hydroxylation sites is 1. The number of halogens is 2. The van der Waals surface area contributed by atoms with E-state index in [2.05, 4.69) is 0 Å². The Morgan fingerprint density at radius 2 is 1.90 bits per heavy atom. The first kappa shape index (κ1) is 15.3. The maximum atomic E-state index is 13.4. The van der Waals surface area contributed by atoms with Gasteiger partial charge in [-0.25, -0.2) is 4.39 Å². The van der Waals surface area contributed by atoms with Gasteiger partial charge in [0, 0.05) is 30.2 Å². The van der Waals surface area contributed by atoms with E-state index in [4.69, 9.17) is 22.7 Å². The summed E-state index contributed by atoms with van der Waals surface area (Å²) >= 11 is 6.13. The Bertz CT molecular complexity index is 616. The molecular weight excluding hydrogens is 289 g/mol. The van der Waals surface area contributed by atoms with Crippen LogP contribution in [0.4, 0.5) is 10.1 Å².